The third-order valence-electron chi connectivity index (χ3n) is 3.90. The molecule has 3 aromatic rings. The summed E-state index contributed by atoms with van der Waals surface area (Å²) in [6, 6.07) is 5.95. The van der Waals surface area contributed by atoms with Crippen molar-refractivity contribution in [3.05, 3.63) is 64.5 Å². The fourth-order valence-corrected chi connectivity index (χ4v) is 2.67. The van der Waals surface area contributed by atoms with E-state index in [-0.39, 0.29) is 12.1 Å². The Morgan fingerprint density at radius 1 is 1.17 bits per heavy atom. The van der Waals surface area contributed by atoms with Gasteiger partial charge in [0.05, 0.1) is 12.2 Å². The molecule has 0 bridgehead atoms. The maximum Gasteiger partial charge on any atom is 0.163 e. The van der Waals surface area contributed by atoms with Gasteiger partial charge in [-0.05, 0) is 31.5 Å². The molecular formula is C19H20F2N2O. The summed E-state index contributed by atoms with van der Waals surface area (Å²) in [6.07, 6.45) is 2.56. The molecule has 0 aliphatic rings. The van der Waals surface area contributed by atoms with Crippen LogP contribution in [-0.4, -0.2) is 15.8 Å². The lowest BCUT2D eigenvalue weighted by Crippen LogP contribution is -2.05. The molecule has 24 heavy (non-hydrogen) atoms. The largest absolute Gasteiger partial charge is 0.328 e. The SMILES string of the molecule is CC.Cc1nc2c(ccn2Cc2cccc(F)c2F)c(C)c1C=O. The van der Waals surface area contributed by atoms with Gasteiger partial charge < -0.3 is 4.57 Å². The minimum absolute atomic E-state index is 0.180. The summed E-state index contributed by atoms with van der Waals surface area (Å²) in [6.45, 7) is 7.80. The fourth-order valence-electron chi connectivity index (χ4n) is 2.67. The number of rotatable bonds is 3. The molecule has 1 aromatic carbocycles. The van der Waals surface area contributed by atoms with Crippen molar-refractivity contribution in [2.45, 2.75) is 34.2 Å². The number of carbonyl (C=O) groups excluding carboxylic acids is 1. The number of fused-ring (bicyclic) bond motifs is 1. The van der Waals surface area contributed by atoms with Crippen LogP contribution in [0.2, 0.25) is 0 Å². The Balaban J connectivity index is 0.00000100. The summed E-state index contributed by atoms with van der Waals surface area (Å²) in [5.74, 6) is -1.71. The van der Waals surface area contributed by atoms with Crippen molar-refractivity contribution in [1.82, 2.24) is 9.55 Å². The Morgan fingerprint density at radius 3 is 2.54 bits per heavy atom. The Bertz CT molecular complexity index is 885. The first kappa shape index (κ1) is 17.8. The zero-order chi connectivity index (χ0) is 17.9. The van der Waals surface area contributed by atoms with Gasteiger partial charge in [-0.3, -0.25) is 4.79 Å². The number of pyridine rings is 1. The lowest BCUT2D eigenvalue weighted by Gasteiger charge is -2.09. The molecule has 3 rings (SSSR count). The summed E-state index contributed by atoms with van der Waals surface area (Å²) in [4.78, 5) is 15.6. The van der Waals surface area contributed by atoms with Crippen molar-refractivity contribution in [2.24, 2.45) is 0 Å². The maximum absolute atomic E-state index is 13.8. The number of carbonyl (C=O) groups is 1. The number of nitrogens with zero attached hydrogens (tertiary/aromatic N) is 2. The third-order valence-corrected chi connectivity index (χ3v) is 3.90. The molecule has 0 aliphatic carbocycles. The predicted octanol–water partition coefficient (Wildman–Crippen LogP) is 4.82. The Kier molecular flexibility index (Phi) is 5.44. The number of aryl methyl sites for hydroxylation is 2. The van der Waals surface area contributed by atoms with Gasteiger partial charge >= 0.3 is 0 Å². The van der Waals surface area contributed by atoms with E-state index in [1.54, 1.807) is 23.8 Å². The summed E-state index contributed by atoms with van der Waals surface area (Å²) in [5.41, 5.74) is 2.95. The van der Waals surface area contributed by atoms with Crippen LogP contribution in [0.3, 0.4) is 0 Å². The van der Waals surface area contributed by atoms with Gasteiger partial charge in [-0.1, -0.05) is 26.0 Å². The van der Waals surface area contributed by atoms with Crippen LogP contribution in [0.1, 0.15) is 41.0 Å². The maximum atomic E-state index is 13.8. The topological polar surface area (TPSA) is 34.9 Å². The molecular weight excluding hydrogens is 310 g/mol. The van der Waals surface area contributed by atoms with E-state index in [4.69, 9.17) is 0 Å². The highest BCUT2D eigenvalue weighted by Crippen LogP contribution is 2.24. The van der Waals surface area contributed by atoms with E-state index in [1.807, 2.05) is 26.8 Å². The second-order valence-corrected chi connectivity index (χ2v) is 5.25. The van der Waals surface area contributed by atoms with Gasteiger partial charge in [-0.25, -0.2) is 13.8 Å². The monoisotopic (exact) mass is 330 g/mol. The first-order valence-electron chi connectivity index (χ1n) is 7.87. The highest BCUT2D eigenvalue weighted by molar-refractivity contribution is 5.90. The van der Waals surface area contributed by atoms with Crippen LogP contribution >= 0.6 is 0 Å². The molecule has 0 atom stereocenters. The average molecular weight is 330 g/mol. The molecule has 5 heteroatoms. The summed E-state index contributed by atoms with van der Waals surface area (Å²) >= 11 is 0. The molecule has 0 spiro atoms. The van der Waals surface area contributed by atoms with Crippen molar-refractivity contribution in [3.8, 4) is 0 Å². The molecule has 0 aliphatic heterocycles. The van der Waals surface area contributed by atoms with Crippen LogP contribution in [0.5, 0.6) is 0 Å². The average Bonchev–Trinajstić information content (AvgIpc) is 2.97. The third kappa shape index (κ3) is 3.07. The number of hydrogen-bond acceptors (Lipinski definition) is 2. The molecule has 126 valence electrons. The van der Waals surface area contributed by atoms with Gasteiger partial charge in [0.25, 0.3) is 0 Å². The second kappa shape index (κ2) is 7.34. The lowest BCUT2D eigenvalue weighted by molar-refractivity contribution is 0.112. The van der Waals surface area contributed by atoms with Gasteiger partial charge in [-0.2, -0.15) is 0 Å². The molecule has 3 nitrogen and oxygen atoms in total. The van der Waals surface area contributed by atoms with Gasteiger partial charge in [0.2, 0.25) is 0 Å². The van der Waals surface area contributed by atoms with Crippen LogP contribution in [0.15, 0.2) is 30.5 Å². The van der Waals surface area contributed by atoms with E-state index in [0.29, 0.717) is 16.9 Å². The van der Waals surface area contributed by atoms with E-state index in [1.165, 1.54) is 6.07 Å². The van der Waals surface area contributed by atoms with E-state index in [2.05, 4.69) is 4.98 Å². The smallest absolute Gasteiger partial charge is 0.163 e. The Morgan fingerprint density at radius 2 is 1.88 bits per heavy atom. The number of hydrogen-bond donors (Lipinski definition) is 0. The standard InChI is InChI=1S/C17H14F2N2O.C2H6/c1-10-13-6-7-21(17(13)20-11(2)14(10)9-22)8-12-4-3-5-15(18)16(12)19;1-2/h3-7,9H,8H2,1-2H3;1-2H3. The first-order chi connectivity index (χ1) is 11.5. The van der Waals surface area contributed by atoms with E-state index >= 15 is 0 Å². The van der Waals surface area contributed by atoms with Crippen molar-refractivity contribution in [3.63, 3.8) is 0 Å². The lowest BCUT2D eigenvalue weighted by atomic mass is 10.1. The summed E-state index contributed by atoms with van der Waals surface area (Å²) in [7, 11) is 0. The van der Waals surface area contributed by atoms with Crippen molar-refractivity contribution >= 4 is 17.3 Å². The van der Waals surface area contributed by atoms with E-state index in [9.17, 15) is 13.6 Å². The van der Waals surface area contributed by atoms with E-state index < -0.39 is 11.6 Å². The number of aromatic nitrogens is 2. The predicted molar refractivity (Wildman–Crippen MR) is 91.4 cm³/mol. The van der Waals surface area contributed by atoms with Crippen molar-refractivity contribution < 1.29 is 13.6 Å². The molecule has 0 amide bonds. The van der Waals surface area contributed by atoms with Crippen LogP contribution < -0.4 is 0 Å². The molecule has 0 radical (unpaired) electrons. The van der Waals surface area contributed by atoms with Crippen LogP contribution in [-0.2, 0) is 6.54 Å². The van der Waals surface area contributed by atoms with Gasteiger partial charge in [0.1, 0.15) is 5.65 Å². The van der Waals surface area contributed by atoms with Crippen molar-refractivity contribution in [2.75, 3.05) is 0 Å². The van der Waals surface area contributed by atoms with Crippen LogP contribution in [0, 0.1) is 25.5 Å². The zero-order valence-electron chi connectivity index (χ0n) is 14.2. The fraction of sp³-hybridized carbons (Fsp3) is 0.263. The molecule has 2 heterocycles. The van der Waals surface area contributed by atoms with Gasteiger partial charge in [-0.15, -0.1) is 0 Å². The molecule has 0 fully saturated rings. The molecule has 0 unspecified atom stereocenters. The minimum Gasteiger partial charge on any atom is -0.328 e. The van der Waals surface area contributed by atoms with Crippen molar-refractivity contribution in [1.29, 1.82) is 0 Å². The van der Waals surface area contributed by atoms with E-state index in [0.717, 1.165) is 23.3 Å². The van der Waals surface area contributed by atoms with Gasteiger partial charge in [0.15, 0.2) is 17.9 Å². The Hall–Kier alpha value is -2.56. The second-order valence-electron chi connectivity index (χ2n) is 5.25. The van der Waals surface area contributed by atoms with Crippen LogP contribution in [0.4, 0.5) is 8.78 Å². The number of benzene rings is 1. The zero-order valence-corrected chi connectivity index (χ0v) is 14.2. The summed E-state index contributed by atoms with van der Waals surface area (Å²) < 4.78 is 28.9. The quantitative estimate of drug-likeness (QED) is 0.645. The molecule has 0 saturated heterocycles. The number of halogens is 2. The van der Waals surface area contributed by atoms with Gasteiger partial charge in [0, 0.05) is 22.7 Å². The first-order valence-corrected chi connectivity index (χ1v) is 7.87. The molecule has 0 saturated carbocycles. The molecule has 0 N–H and O–H groups in total. The normalized spacial score (nSPS) is 10.4. The molecule has 2 aromatic heterocycles. The highest BCUT2D eigenvalue weighted by Gasteiger charge is 2.14. The Labute approximate surface area is 139 Å². The summed E-state index contributed by atoms with van der Waals surface area (Å²) in [5, 5.41) is 0.838. The minimum atomic E-state index is -0.863. The highest BCUT2D eigenvalue weighted by atomic mass is 19.2. The number of aldehydes is 1. The van der Waals surface area contributed by atoms with Crippen LogP contribution in [0.25, 0.3) is 11.0 Å².